The second-order valence-electron chi connectivity index (χ2n) is 3.44. The maximum Gasteiger partial charge on any atom is 0.148 e. The third kappa shape index (κ3) is 4.00. The molecule has 0 aliphatic heterocycles. The zero-order valence-corrected chi connectivity index (χ0v) is 9.90. The summed E-state index contributed by atoms with van der Waals surface area (Å²) in [6, 6.07) is 4.97. The standard InChI is InChI=1S/C11H17FN2S/c1-3-15-7-8(2)14-11-5-4-9(13)6-10(11)12/h4-6,8,14H,3,7,13H2,1-2H3. The Labute approximate surface area is 94.4 Å². The van der Waals surface area contributed by atoms with E-state index in [1.807, 2.05) is 18.7 Å². The molecule has 0 aliphatic rings. The predicted molar refractivity (Wildman–Crippen MR) is 66.9 cm³/mol. The van der Waals surface area contributed by atoms with E-state index in [4.69, 9.17) is 5.73 Å². The van der Waals surface area contributed by atoms with Gasteiger partial charge >= 0.3 is 0 Å². The summed E-state index contributed by atoms with van der Waals surface area (Å²) >= 11 is 1.83. The highest BCUT2D eigenvalue weighted by atomic mass is 32.2. The van der Waals surface area contributed by atoms with Crippen LogP contribution in [0.2, 0.25) is 0 Å². The number of nitrogens with two attached hydrogens (primary N) is 1. The van der Waals surface area contributed by atoms with Crippen LogP contribution in [0.3, 0.4) is 0 Å². The molecule has 0 bridgehead atoms. The number of hydrogen-bond acceptors (Lipinski definition) is 3. The molecule has 1 atom stereocenters. The fourth-order valence-corrected chi connectivity index (χ4v) is 1.92. The Bertz CT molecular complexity index is 317. The summed E-state index contributed by atoms with van der Waals surface area (Å²) in [5.74, 6) is 1.76. The molecule has 1 aromatic rings. The molecule has 1 unspecified atom stereocenters. The summed E-state index contributed by atoms with van der Waals surface area (Å²) < 4.78 is 13.4. The van der Waals surface area contributed by atoms with E-state index in [-0.39, 0.29) is 11.9 Å². The molecule has 0 spiro atoms. The minimum absolute atomic E-state index is 0.257. The highest BCUT2D eigenvalue weighted by molar-refractivity contribution is 7.99. The maximum absolute atomic E-state index is 13.4. The predicted octanol–water partition coefficient (Wildman–Crippen LogP) is 2.96. The molecule has 0 fully saturated rings. The third-order valence-corrected chi connectivity index (χ3v) is 3.11. The van der Waals surface area contributed by atoms with Crippen LogP contribution in [0.1, 0.15) is 13.8 Å². The van der Waals surface area contributed by atoms with E-state index in [1.165, 1.54) is 6.07 Å². The monoisotopic (exact) mass is 228 g/mol. The molecule has 0 aliphatic carbocycles. The molecule has 4 heteroatoms. The van der Waals surface area contributed by atoms with Crippen LogP contribution in [0, 0.1) is 5.82 Å². The molecule has 15 heavy (non-hydrogen) atoms. The summed E-state index contributed by atoms with van der Waals surface area (Å²) in [5, 5.41) is 3.12. The van der Waals surface area contributed by atoms with E-state index in [2.05, 4.69) is 12.2 Å². The number of benzene rings is 1. The fourth-order valence-electron chi connectivity index (χ4n) is 1.25. The van der Waals surface area contributed by atoms with E-state index in [9.17, 15) is 4.39 Å². The quantitative estimate of drug-likeness (QED) is 0.761. The Balaban J connectivity index is 2.56. The Morgan fingerprint density at radius 2 is 2.27 bits per heavy atom. The van der Waals surface area contributed by atoms with E-state index < -0.39 is 0 Å². The van der Waals surface area contributed by atoms with Crippen molar-refractivity contribution in [1.29, 1.82) is 0 Å². The lowest BCUT2D eigenvalue weighted by atomic mass is 10.2. The van der Waals surface area contributed by atoms with Crippen LogP contribution in [0.25, 0.3) is 0 Å². The lowest BCUT2D eigenvalue weighted by molar-refractivity contribution is 0.629. The van der Waals surface area contributed by atoms with Gasteiger partial charge in [0.1, 0.15) is 5.82 Å². The van der Waals surface area contributed by atoms with Crippen molar-refractivity contribution in [2.75, 3.05) is 22.6 Å². The van der Waals surface area contributed by atoms with Crippen molar-refractivity contribution in [1.82, 2.24) is 0 Å². The number of thioether (sulfide) groups is 1. The molecule has 0 radical (unpaired) electrons. The second kappa shape index (κ2) is 5.85. The van der Waals surface area contributed by atoms with Gasteiger partial charge < -0.3 is 11.1 Å². The maximum atomic E-state index is 13.4. The number of hydrogen-bond donors (Lipinski definition) is 2. The Morgan fingerprint density at radius 3 is 2.87 bits per heavy atom. The van der Waals surface area contributed by atoms with E-state index in [0.29, 0.717) is 11.4 Å². The van der Waals surface area contributed by atoms with Crippen molar-refractivity contribution in [3.63, 3.8) is 0 Å². The van der Waals surface area contributed by atoms with Crippen LogP contribution < -0.4 is 11.1 Å². The fraction of sp³-hybridized carbons (Fsp3) is 0.455. The minimum atomic E-state index is -0.289. The first-order valence-electron chi connectivity index (χ1n) is 5.02. The number of halogens is 1. The van der Waals surface area contributed by atoms with Gasteiger partial charge in [0.05, 0.1) is 5.69 Å². The Morgan fingerprint density at radius 1 is 1.53 bits per heavy atom. The summed E-state index contributed by atoms with van der Waals surface area (Å²) in [4.78, 5) is 0. The largest absolute Gasteiger partial charge is 0.399 e. The molecular formula is C11H17FN2S. The summed E-state index contributed by atoms with van der Waals surface area (Å²) in [5.41, 5.74) is 6.44. The van der Waals surface area contributed by atoms with Crippen LogP contribution in [-0.2, 0) is 0 Å². The van der Waals surface area contributed by atoms with E-state index in [0.717, 1.165) is 11.5 Å². The zero-order valence-electron chi connectivity index (χ0n) is 9.09. The SMILES string of the molecule is CCSCC(C)Nc1ccc(N)cc1F. The first-order valence-corrected chi connectivity index (χ1v) is 6.18. The van der Waals surface area contributed by atoms with Crippen molar-refractivity contribution in [2.24, 2.45) is 0 Å². The molecule has 1 rings (SSSR count). The molecule has 0 aromatic heterocycles. The second-order valence-corrected chi connectivity index (χ2v) is 4.76. The van der Waals surface area contributed by atoms with Crippen LogP contribution in [0.4, 0.5) is 15.8 Å². The molecule has 2 nitrogen and oxygen atoms in total. The molecule has 3 N–H and O–H groups in total. The number of nitrogens with one attached hydrogen (secondary N) is 1. The van der Waals surface area contributed by atoms with Gasteiger partial charge in [0.15, 0.2) is 0 Å². The van der Waals surface area contributed by atoms with Gasteiger partial charge in [-0.05, 0) is 30.9 Å². The number of anilines is 2. The van der Waals surface area contributed by atoms with Crippen molar-refractivity contribution in [3.05, 3.63) is 24.0 Å². The van der Waals surface area contributed by atoms with Gasteiger partial charge in [-0.15, -0.1) is 0 Å². The summed E-state index contributed by atoms with van der Waals surface area (Å²) in [6.07, 6.45) is 0. The number of rotatable bonds is 5. The molecule has 84 valence electrons. The molecule has 1 aromatic carbocycles. The highest BCUT2D eigenvalue weighted by Crippen LogP contribution is 2.18. The first-order chi connectivity index (χ1) is 7.13. The van der Waals surface area contributed by atoms with Crippen LogP contribution in [-0.4, -0.2) is 17.5 Å². The van der Waals surface area contributed by atoms with E-state index in [1.54, 1.807) is 12.1 Å². The normalized spacial score (nSPS) is 12.5. The summed E-state index contributed by atoms with van der Waals surface area (Å²) in [7, 11) is 0. The van der Waals surface area contributed by atoms with Crippen LogP contribution >= 0.6 is 11.8 Å². The first kappa shape index (κ1) is 12.2. The van der Waals surface area contributed by atoms with Gasteiger partial charge in [0.2, 0.25) is 0 Å². The van der Waals surface area contributed by atoms with Crippen LogP contribution in [0.5, 0.6) is 0 Å². The highest BCUT2D eigenvalue weighted by Gasteiger charge is 2.06. The topological polar surface area (TPSA) is 38.0 Å². The molecule has 0 heterocycles. The average molecular weight is 228 g/mol. The van der Waals surface area contributed by atoms with Gasteiger partial charge in [-0.3, -0.25) is 0 Å². The van der Waals surface area contributed by atoms with Crippen molar-refractivity contribution >= 4 is 23.1 Å². The van der Waals surface area contributed by atoms with E-state index >= 15 is 0 Å². The zero-order chi connectivity index (χ0) is 11.3. The summed E-state index contributed by atoms with van der Waals surface area (Å²) in [6.45, 7) is 4.15. The molecular weight excluding hydrogens is 211 g/mol. The van der Waals surface area contributed by atoms with Gasteiger partial charge in [-0.25, -0.2) is 4.39 Å². The number of nitrogen functional groups attached to an aromatic ring is 1. The van der Waals surface area contributed by atoms with Crippen LogP contribution in [0.15, 0.2) is 18.2 Å². The smallest absolute Gasteiger partial charge is 0.148 e. The molecule has 0 saturated carbocycles. The van der Waals surface area contributed by atoms with Gasteiger partial charge in [-0.1, -0.05) is 6.92 Å². The molecule has 0 saturated heterocycles. The Kier molecular flexibility index (Phi) is 4.75. The van der Waals surface area contributed by atoms with Crippen molar-refractivity contribution < 1.29 is 4.39 Å². The van der Waals surface area contributed by atoms with Crippen molar-refractivity contribution in [3.8, 4) is 0 Å². The molecule has 0 amide bonds. The Hall–Kier alpha value is -0.900. The third-order valence-electron chi connectivity index (χ3n) is 1.97. The lowest BCUT2D eigenvalue weighted by Crippen LogP contribution is -2.18. The van der Waals surface area contributed by atoms with Gasteiger partial charge in [0.25, 0.3) is 0 Å². The minimum Gasteiger partial charge on any atom is -0.399 e. The average Bonchev–Trinajstić information content (AvgIpc) is 2.19. The van der Waals surface area contributed by atoms with Gasteiger partial charge in [0, 0.05) is 17.5 Å². The van der Waals surface area contributed by atoms with Gasteiger partial charge in [-0.2, -0.15) is 11.8 Å². The lowest BCUT2D eigenvalue weighted by Gasteiger charge is -2.15. The van der Waals surface area contributed by atoms with Crippen molar-refractivity contribution in [2.45, 2.75) is 19.9 Å².